The normalized spacial score (nSPS) is 12.2. The molecule has 0 aromatic heterocycles. The van der Waals surface area contributed by atoms with E-state index in [9.17, 15) is 21.6 Å². The van der Waals surface area contributed by atoms with E-state index in [-0.39, 0.29) is 33.3 Å². The number of hydrogen-bond acceptors (Lipinski definition) is 5. The fraction of sp³-hybridized carbons (Fsp3) is 0.364. The second-order valence-corrected chi connectivity index (χ2v) is 8.71. The first-order valence-corrected chi connectivity index (χ1v) is 9.69. The van der Waals surface area contributed by atoms with E-state index in [1.807, 2.05) is 0 Å². The fourth-order valence-corrected chi connectivity index (χ4v) is 3.11. The molecule has 0 unspecified atom stereocenters. The molecule has 0 fully saturated rings. The second kappa shape index (κ2) is 6.30. The van der Waals surface area contributed by atoms with Crippen molar-refractivity contribution in [2.45, 2.75) is 11.8 Å². The number of halogens is 1. The molecule has 0 atom stereocenters. The number of carbonyl (C=O) groups excluding carboxylic acids is 1. The molecule has 0 bridgehead atoms. The molecule has 0 spiro atoms. The monoisotopic (exact) mass is 354 g/mol. The molecule has 1 rings (SSSR count). The third-order valence-corrected chi connectivity index (χ3v) is 5.00. The highest BCUT2D eigenvalue weighted by Crippen LogP contribution is 2.24. The van der Waals surface area contributed by atoms with E-state index < -0.39 is 25.8 Å². The lowest BCUT2D eigenvalue weighted by molar-refractivity contribution is 0.0956. The summed E-state index contributed by atoms with van der Waals surface area (Å²) >= 11 is 5.88. The van der Waals surface area contributed by atoms with Crippen molar-refractivity contribution in [3.63, 3.8) is 0 Å². The van der Waals surface area contributed by atoms with Crippen molar-refractivity contribution in [2.75, 3.05) is 18.6 Å². The van der Waals surface area contributed by atoms with Crippen LogP contribution in [0.4, 0.5) is 0 Å². The number of hydrogen-bond donors (Lipinski definition) is 2. The van der Waals surface area contributed by atoms with Crippen LogP contribution in [0.3, 0.4) is 0 Å². The molecule has 0 saturated heterocycles. The maximum absolute atomic E-state index is 11.9. The summed E-state index contributed by atoms with van der Waals surface area (Å²) in [7, 11) is -7.22. The number of carbonyl (C=O) groups is 1. The van der Waals surface area contributed by atoms with E-state index in [2.05, 4.69) is 5.32 Å². The van der Waals surface area contributed by atoms with Gasteiger partial charge in [0.1, 0.15) is 9.84 Å². The van der Waals surface area contributed by atoms with Gasteiger partial charge in [-0.05, 0) is 24.6 Å². The van der Waals surface area contributed by atoms with Crippen LogP contribution in [0.15, 0.2) is 17.0 Å². The van der Waals surface area contributed by atoms with Gasteiger partial charge in [-0.3, -0.25) is 4.79 Å². The number of rotatable bonds is 5. The molecule has 0 aliphatic carbocycles. The van der Waals surface area contributed by atoms with E-state index in [4.69, 9.17) is 16.7 Å². The van der Waals surface area contributed by atoms with Crippen molar-refractivity contribution >= 4 is 37.4 Å². The van der Waals surface area contributed by atoms with Gasteiger partial charge in [-0.15, -0.1) is 0 Å². The number of nitrogens with one attached hydrogen (secondary N) is 1. The number of nitrogens with two attached hydrogens (primary N) is 1. The van der Waals surface area contributed by atoms with Gasteiger partial charge in [-0.1, -0.05) is 11.6 Å². The summed E-state index contributed by atoms with van der Waals surface area (Å²) in [4.78, 5) is 11.6. The summed E-state index contributed by atoms with van der Waals surface area (Å²) in [6.07, 6.45) is 1.04. The van der Waals surface area contributed by atoms with Crippen molar-refractivity contribution in [2.24, 2.45) is 5.14 Å². The van der Waals surface area contributed by atoms with Crippen molar-refractivity contribution in [1.82, 2.24) is 5.32 Å². The minimum Gasteiger partial charge on any atom is -0.351 e. The lowest BCUT2D eigenvalue weighted by Gasteiger charge is -2.10. The quantitative estimate of drug-likeness (QED) is 0.774. The molecule has 0 aliphatic rings. The fourth-order valence-electron chi connectivity index (χ4n) is 1.53. The zero-order valence-electron chi connectivity index (χ0n) is 11.4. The Morgan fingerprint density at radius 3 is 2.33 bits per heavy atom. The number of amides is 1. The number of primary sulfonamides is 1. The van der Waals surface area contributed by atoms with Crippen molar-refractivity contribution in [3.8, 4) is 0 Å². The Balaban J connectivity index is 3.04. The molecule has 0 saturated carbocycles. The minimum absolute atomic E-state index is 0.0110. The van der Waals surface area contributed by atoms with E-state index in [1.54, 1.807) is 0 Å². The van der Waals surface area contributed by atoms with Gasteiger partial charge in [-0.25, -0.2) is 22.0 Å². The van der Waals surface area contributed by atoms with E-state index in [0.717, 1.165) is 12.3 Å². The molecular weight excluding hydrogens is 340 g/mol. The first-order valence-electron chi connectivity index (χ1n) is 5.70. The third kappa shape index (κ3) is 5.27. The van der Waals surface area contributed by atoms with E-state index >= 15 is 0 Å². The summed E-state index contributed by atoms with van der Waals surface area (Å²) in [6.45, 7) is 1.38. The molecule has 0 heterocycles. The smallest absolute Gasteiger partial charge is 0.251 e. The van der Waals surface area contributed by atoms with Gasteiger partial charge in [-0.2, -0.15) is 0 Å². The molecular formula is C11H15ClN2O5S2. The van der Waals surface area contributed by atoms with Gasteiger partial charge >= 0.3 is 0 Å². The van der Waals surface area contributed by atoms with Crippen molar-refractivity contribution in [3.05, 3.63) is 28.3 Å². The van der Waals surface area contributed by atoms with Crippen LogP contribution in [0.1, 0.15) is 15.9 Å². The SMILES string of the molecule is Cc1c(Cl)cc(C(=O)NCCS(C)(=O)=O)cc1S(N)(=O)=O. The Morgan fingerprint density at radius 1 is 1.29 bits per heavy atom. The van der Waals surface area contributed by atoms with Crippen LogP contribution in [-0.4, -0.2) is 41.3 Å². The number of sulfone groups is 1. The molecule has 1 aromatic carbocycles. The summed E-state index contributed by atoms with van der Waals surface area (Å²) < 4.78 is 44.8. The largest absolute Gasteiger partial charge is 0.351 e. The van der Waals surface area contributed by atoms with Crippen LogP contribution in [0, 0.1) is 6.92 Å². The zero-order chi connectivity index (χ0) is 16.4. The summed E-state index contributed by atoms with van der Waals surface area (Å²) in [5.41, 5.74) is 0.231. The van der Waals surface area contributed by atoms with Crippen molar-refractivity contribution in [1.29, 1.82) is 0 Å². The molecule has 1 amide bonds. The predicted molar refractivity (Wildman–Crippen MR) is 79.6 cm³/mol. The first kappa shape index (κ1) is 17.9. The van der Waals surface area contributed by atoms with Gasteiger partial charge in [0.25, 0.3) is 5.91 Å². The Kier molecular flexibility index (Phi) is 5.37. The maximum Gasteiger partial charge on any atom is 0.251 e. The van der Waals surface area contributed by atoms with Crippen LogP contribution in [0.25, 0.3) is 0 Å². The average molecular weight is 355 g/mol. The molecule has 7 nitrogen and oxygen atoms in total. The second-order valence-electron chi connectivity index (χ2n) is 4.51. The highest BCUT2D eigenvalue weighted by molar-refractivity contribution is 7.90. The van der Waals surface area contributed by atoms with Crippen LogP contribution >= 0.6 is 11.6 Å². The lowest BCUT2D eigenvalue weighted by atomic mass is 10.1. The van der Waals surface area contributed by atoms with Crippen LogP contribution in [0.2, 0.25) is 5.02 Å². The standard InChI is InChI=1S/C11H15ClN2O5S2/c1-7-9(12)5-8(6-10(7)21(13,18)19)11(15)14-3-4-20(2,16)17/h5-6H,3-4H2,1-2H3,(H,14,15)(H2,13,18,19). The summed E-state index contributed by atoms with van der Waals surface area (Å²) in [5, 5.41) is 7.50. The highest BCUT2D eigenvalue weighted by atomic mass is 35.5. The highest BCUT2D eigenvalue weighted by Gasteiger charge is 2.18. The molecule has 3 N–H and O–H groups in total. The lowest BCUT2D eigenvalue weighted by Crippen LogP contribution is -2.29. The number of benzene rings is 1. The predicted octanol–water partition coefficient (Wildman–Crippen LogP) is 0.0702. The molecule has 118 valence electrons. The minimum atomic E-state index is -4.02. The Bertz CT molecular complexity index is 772. The van der Waals surface area contributed by atoms with Gasteiger partial charge in [0.05, 0.1) is 10.6 Å². The molecule has 0 radical (unpaired) electrons. The Labute approximate surface area is 128 Å². The Morgan fingerprint density at radius 2 is 1.86 bits per heavy atom. The molecule has 0 aliphatic heterocycles. The van der Waals surface area contributed by atoms with Gasteiger partial charge < -0.3 is 5.32 Å². The summed E-state index contributed by atoms with van der Waals surface area (Å²) in [6, 6.07) is 2.40. The zero-order valence-corrected chi connectivity index (χ0v) is 13.8. The van der Waals surface area contributed by atoms with Gasteiger partial charge in [0, 0.05) is 23.4 Å². The number of sulfonamides is 1. The van der Waals surface area contributed by atoms with Gasteiger partial charge in [0.15, 0.2) is 0 Å². The maximum atomic E-state index is 11.9. The molecule has 1 aromatic rings. The first-order chi connectivity index (χ1) is 9.42. The van der Waals surface area contributed by atoms with E-state index in [0.29, 0.717) is 0 Å². The molecule has 21 heavy (non-hydrogen) atoms. The molecule has 10 heteroatoms. The van der Waals surface area contributed by atoms with E-state index in [1.165, 1.54) is 13.0 Å². The Hall–Kier alpha value is -1.16. The summed E-state index contributed by atoms with van der Waals surface area (Å²) in [5.74, 6) is -0.856. The topological polar surface area (TPSA) is 123 Å². The van der Waals surface area contributed by atoms with Crippen LogP contribution < -0.4 is 10.5 Å². The van der Waals surface area contributed by atoms with Gasteiger partial charge in [0.2, 0.25) is 10.0 Å². The average Bonchev–Trinajstić information content (AvgIpc) is 2.29. The third-order valence-electron chi connectivity index (χ3n) is 2.62. The van der Waals surface area contributed by atoms with Crippen LogP contribution in [-0.2, 0) is 19.9 Å². The van der Waals surface area contributed by atoms with Crippen molar-refractivity contribution < 1.29 is 21.6 Å². The van der Waals surface area contributed by atoms with Crippen LogP contribution in [0.5, 0.6) is 0 Å².